The largest absolute Gasteiger partial charge is 0.486 e. The molecule has 1 aromatic heterocycles. The Morgan fingerprint density at radius 3 is 2.73 bits per heavy atom. The number of carboxylic acid groups (broad SMARTS) is 1. The van der Waals surface area contributed by atoms with Crippen molar-refractivity contribution in [1.29, 1.82) is 0 Å². The molecule has 5 rings (SSSR count). The number of fused-ring (bicyclic) bond motifs is 1. The van der Waals surface area contributed by atoms with E-state index in [1.807, 2.05) is 0 Å². The van der Waals surface area contributed by atoms with Gasteiger partial charge in [0.05, 0.1) is 13.2 Å². The van der Waals surface area contributed by atoms with Crippen LogP contribution in [0.2, 0.25) is 0 Å². The minimum Gasteiger partial charge on any atom is -0.486 e. The third-order valence-corrected chi connectivity index (χ3v) is 6.68. The van der Waals surface area contributed by atoms with E-state index in [0.717, 1.165) is 32.4 Å². The first-order chi connectivity index (χ1) is 14.5. The van der Waals surface area contributed by atoms with Crippen LogP contribution in [-0.4, -0.2) is 47.2 Å². The van der Waals surface area contributed by atoms with E-state index in [9.17, 15) is 9.59 Å². The summed E-state index contributed by atoms with van der Waals surface area (Å²) in [5.41, 5.74) is 2.73. The van der Waals surface area contributed by atoms with Crippen molar-refractivity contribution >= 4 is 6.09 Å². The van der Waals surface area contributed by atoms with Gasteiger partial charge in [-0.1, -0.05) is 24.3 Å². The van der Waals surface area contributed by atoms with Crippen molar-refractivity contribution in [3.8, 4) is 5.75 Å². The maximum atomic E-state index is 12.4. The number of ether oxygens (including phenoxy) is 1. The van der Waals surface area contributed by atoms with E-state index < -0.39 is 6.09 Å². The van der Waals surface area contributed by atoms with E-state index in [0.29, 0.717) is 37.9 Å². The van der Waals surface area contributed by atoms with E-state index in [2.05, 4.69) is 29.2 Å². The summed E-state index contributed by atoms with van der Waals surface area (Å²) in [6.45, 7) is 4.13. The van der Waals surface area contributed by atoms with Gasteiger partial charge in [0, 0.05) is 37.7 Å². The highest BCUT2D eigenvalue weighted by Gasteiger charge is 2.53. The molecule has 1 aliphatic carbocycles. The summed E-state index contributed by atoms with van der Waals surface area (Å²) in [4.78, 5) is 27.1. The van der Waals surface area contributed by atoms with Crippen molar-refractivity contribution in [3.63, 3.8) is 0 Å². The molecule has 1 aromatic carbocycles. The third-order valence-electron chi connectivity index (χ3n) is 6.68. The third kappa shape index (κ3) is 3.69. The van der Waals surface area contributed by atoms with Gasteiger partial charge in [-0.25, -0.2) is 4.79 Å². The van der Waals surface area contributed by atoms with Gasteiger partial charge >= 0.3 is 6.09 Å². The smallest absolute Gasteiger partial charge is 0.407 e. The quantitative estimate of drug-likeness (QED) is 0.816. The minimum atomic E-state index is -0.841. The van der Waals surface area contributed by atoms with Crippen molar-refractivity contribution in [2.24, 2.45) is 11.3 Å². The van der Waals surface area contributed by atoms with E-state index >= 15 is 0 Å². The monoisotopic (exact) mass is 410 g/mol. The van der Waals surface area contributed by atoms with E-state index in [4.69, 9.17) is 14.3 Å². The van der Waals surface area contributed by atoms with Gasteiger partial charge in [-0.05, 0) is 36.3 Å². The van der Waals surface area contributed by atoms with E-state index in [1.54, 1.807) is 0 Å². The molecule has 7 nitrogen and oxygen atoms in total. The molecule has 3 heterocycles. The Bertz CT molecular complexity index is 1000. The second-order valence-electron chi connectivity index (χ2n) is 9.03. The number of hydrogen-bond donors (Lipinski definition) is 1. The van der Waals surface area contributed by atoms with Crippen LogP contribution in [0.25, 0.3) is 0 Å². The zero-order valence-corrected chi connectivity index (χ0v) is 16.9. The molecular formula is C23H26N2O5. The fraction of sp³-hybridized carbons (Fsp3) is 0.478. The number of rotatable bonds is 5. The lowest BCUT2D eigenvalue weighted by Gasteiger charge is -2.58. The first-order valence-corrected chi connectivity index (χ1v) is 10.5. The van der Waals surface area contributed by atoms with Crippen LogP contribution in [0, 0.1) is 11.3 Å². The molecule has 30 heavy (non-hydrogen) atoms. The van der Waals surface area contributed by atoms with Crippen LogP contribution in [-0.2, 0) is 19.5 Å². The zero-order valence-electron chi connectivity index (χ0n) is 16.9. The average molecular weight is 410 g/mol. The van der Waals surface area contributed by atoms with Crippen molar-refractivity contribution < 1.29 is 19.1 Å². The van der Waals surface area contributed by atoms with Gasteiger partial charge in [0.1, 0.15) is 12.0 Å². The highest BCUT2D eigenvalue weighted by molar-refractivity contribution is 5.66. The molecule has 7 heteroatoms. The lowest BCUT2D eigenvalue weighted by molar-refractivity contribution is -0.0894. The molecule has 0 bridgehead atoms. The van der Waals surface area contributed by atoms with Gasteiger partial charge < -0.3 is 19.2 Å². The van der Waals surface area contributed by atoms with Crippen LogP contribution >= 0.6 is 0 Å². The standard InChI is InChI=1S/C23H26N2O5/c26-20-7-19(11-24-6-5-17-3-1-2-4-18(17)10-24)29-13-21(20)30-12-16-8-23(9-16)14-25(15-23)22(27)28/h1-4,7,13,16H,5-6,8-12,14-15H2,(H,27,28). The average Bonchev–Trinajstić information content (AvgIpc) is 2.66. The Morgan fingerprint density at radius 2 is 2.00 bits per heavy atom. The van der Waals surface area contributed by atoms with Crippen molar-refractivity contribution in [3.05, 3.63) is 63.7 Å². The number of hydrogen-bond acceptors (Lipinski definition) is 5. The molecular weight excluding hydrogens is 384 g/mol. The molecule has 1 N–H and O–H groups in total. The van der Waals surface area contributed by atoms with Gasteiger partial charge in [-0.15, -0.1) is 0 Å². The molecule has 3 aliphatic rings. The maximum absolute atomic E-state index is 12.4. The van der Waals surface area contributed by atoms with E-state index in [1.165, 1.54) is 28.4 Å². The molecule has 2 aliphatic heterocycles. The SMILES string of the molecule is O=C(O)N1CC2(CC(COc3coc(CN4CCc5ccccc5C4)cc3=O)C2)C1. The molecule has 2 aromatic rings. The highest BCUT2D eigenvalue weighted by Crippen LogP contribution is 2.51. The normalized spacial score (nSPS) is 20.3. The molecule has 1 saturated carbocycles. The second kappa shape index (κ2) is 7.47. The van der Waals surface area contributed by atoms with E-state index in [-0.39, 0.29) is 16.6 Å². The number of benzene rings is 1. The molecule has 0 radical (unpaired) electrons. The van der Waals surface area contributed by atoms with Crippen LogP contribution in [0.15, 0.2) is 45.8 Å². The summed E-state index contributed by atoms with van der Waals surface area (Å²) >= 11 is 0. The number of likely N-dealkylation sites (tertiary alicyclic amines) is 1. The minimum absolute atomic E-state index is 0.147. The zero-order chi connectivity index (χ0) is 20.7. The van der Waals surface area contributed by atoms with Gasteiger partial charge in [-0.2, -0.15) is 0 Å². The van der Waals surface area contributed by atoms with Gasteiger partial charge in [-0.3, -0.25) is 9.69 Å². The molecule has 158 valence electrons. The number of nitrogens with zero attached hydrogens (tertiary/aromatic N) is 2. The van der Waals surface area contributed by atoms with Crippen molar-refractivity contribution in [1.82, 2.24) is 9.80 Å². The Labute approximate surface area is 174 Å². The Kier molecular flexibility index (Phi) is 4.77. The fourth-order valence-electron chi connectivity index (χ4n) is 5.18. The molecule has 2 fully saturated rings. The molecule has 1 amide bonds. The van der Waals surface area contributed by atoms with Crippen LogP contribution in [0.1, 0.15) is 29.7 Å². The number of amides is 1. The maximum Gasteiger partial charge on any atom is 0.407 e. The molecule has 0 unspecified atom stereocenters. The Balaban J connectivity index is 1.11. The molecule has 1 saturated heterocycles. The van der Waals surface area contributed by atoms with Gasteiger partial charge in [0.2, 0.25) is 11.2 Å². The molecule has 0 atom stereocenters. The summed E-state index contributed by atoms with van der Waals surface area (Å²) < 4.78 is 11.4. The Hall–Kier alpha value is -2.80. The van der Waals surface area contributed by atoms with Crippen molar-refractivity contribution in [2.75, 3.05) is 26.2 Å². The Morgan fingerprint density at radius 1 is 1.23 bits per heavy atom. The van der Waals surface area contributed by atoms with Crippen LogP contribution in [0.4, 0.5) is 4.79 Å². The number of carbonyl (C=O) groups is 1. The summed E-state index contributed by atoms with van der Waals surface area (Å²) in [6.07, 6.45) is 3.51. The molecule has 1 spiro atoms. The van der Waals surface area contributed by atoms with Gasteiger partial charge in [0.15, 0.2) is 0 Å². The summed E-state index contributed by atoms with van der Waals surface area (Å²) in [5.74, 6) is 1.27. The predicted octanol–water partition coefficient (Wildman–Crippen LogP) is 2.97. The fourth-order valence-corrected chi connectivity index (χ4v) is 5.18. The van der Waals surface area contributed by atoms with Crippen LogP contribution < -0.4 is 10.2 Å². The van der Waals surface area contributed by atoms with Crippen LogP contribution in [0.5, 0.6) is 5.75 Å². The van der Waals surface area contributed by atoms with Crippen molar-refractivity contribution in [2.45, 2.75) is 32.4 Å². The summed E-state index contributed by atoms with van der Waals surface area (Å²) in [6, 6.07) is 10.0. The lowest BCUT2D eigenvalue weighted by Crippen LogP contribution is -2.64. The lowest BCUT2D eigenvalue weighted by atomic mass is 9.58. The van der Waals surface area contributed by atoms with Crippen LogP contribution in [0.3, 0.4) is 0 Å². The second-order valence-corrected chi connectivity index (χ2v) is 9.03. The predicted molar refractivity (Wildman–Crippen MR) is 109 cm³/mol. The first-order valence-electron chi connectivity index (χ1n) is 10.5. The highest BCUT2D eigenvalue weighted by atomic mass is 16.5. The summed E-state index contributed by atoms with van der Waals surface area (Å²) in [5, 5.41) is 8.96. The van der Waals surface area contributed by atoms with Gasteiger partial charge in [0.25, 0.3) is 0 Å². The topological polar surface area (TPSA) is 83.2 Å². The summed E-state index contributed by atoms with van der Waals surface area (Å²) in [7, 11) is 0. The first kappa shape index (κ1) is 19.2.